The summed E-state index contributed by atoms with van der Waals surface area (Å²) in [4.78, 5) is 0. The molecule has 0 saturated carbocycles. The monoisotopic (exact) mass is 351 g/mol. The van der Waals surface area contributed by atoms with Crippen LogP contribution >= 0.6 is 0 Å². The Morgan fingerprint density at radius 1 is 0.370 bits per heavy atom. The van der Waals surface area contributed by atoms with Gasteiger partial charge in [-0.05, 0) is 32.3 Å². The van der Waals surface area contributed by atoms with Crippen LogP contribution in [0.15, 0.2) is 97.1 Å². The molecule has 0 atom stereocenters. The van der Waals surface area contributed by atoms with Gasteiger partial charge in [-0.2, -0.15) is 0 Å². The van der Waals surface area contributed by atoms with E-state index >= 15 is 0 Å². The first-order valence-electron chi connectivity index (χ1n) is 8.63. The summed E-state index contributed by atoms with van der Waals surface area (Å²) >= 11 is 0. The first kappa shape index (κ1) is 18.6. The molecule has 5 aromatic carbocycles. The number of fused-ring (bicyclic) bond motifs is 6. The molecule has 5 rings (SSSR count). The van der Waals surface area contributed by atoms with Crippen molar-refractivity contribution >= 4 is 50.5 Å². The highest BCUT2D eigenvalue weighted by molar-refractivity contribution is 6.67. The van der Waals surface area contributed by atoms with E-state index in [-0.39, 0.29) is 11.0 Å². The van der Waals surface area contributed by atoms with E-state index in [0.717, 1.165) is 0 Å². The third kappa shape index (κ3) is 3.19. The van der Waals surface area contributed by atoms with E-state index in [9.17, 15) is 0 Å². The summed E-state index contributed by atoms with van der Waals surface area (Å²) in [5.41, 5.74) is 2.46. The van der Waals surface area contributed by atoms with Gasteiger partial charge in [0.25, 0.3) is 0 Å². The Morgan fingerprint density at radius 3 is 1.37 bits per heavy atom. The van der Waals surface area contributed by atoms with Gasteiger partial charge in [0.05, 0.1) is 0 Å². The predicted octanol–water partition coefficient (Wildman–Crippen LogP) is 3.15. The Kier molecular flexibility index (Phi) is 5.27. The van der Waals surface area contributed by atoms with E-state index in [4.69, 9.17) is 0 Å². The highest BCUT2D eigenvalue weighted by Gasteiger charge is 2.09. The zero-order valence-corrected chi connectivity index (χ0v) is 14.8. The predicted molar refractivity (Wildman–Crippen MR) is 118 cm³/mol. The van der Waals surface area contributed by atoms with Gasteiger partial charge < -0.3 is 11.0 Å². The molecular weight excluding hydrogens is 331 g/mol. The summed E-state index contributed by atoms with van der Waals surface area (Å²) in [7, 11) is 2.24. The Morgan fingerprint density at radius 2 is 0.815 bits per heavy atom. The van der Waals surface area contributed by atoms with Gasteiger partial charge in [-0.15, -0.1) is 0 Å². The van der Waals surface area contributed by atoms with Crippen LogP contribution in [0.4, 0.5) is 0 Å². The van der Waals surface area contributed by atoms with Gasteiger partial charge in [0.15, 0.2) is 7.28 Å². The van der Waals surface area contributed by atoms with Crippen molar-refractivity contribution < 1.29 is 11.0 Å². The first-order valence-corrected chi connectivity index (χ1v) is 8.63. The van der Waals surface area contributed by atoms with Gasteiger partial charge in [-0.25, -0.2) is 0 Å². The lowest BCUT2D eigenvalue weighted by Gasteiger charge is -2.11. The molecule has 0 bridgehead atoms. The molecule has 0 aliphatic rings. The Bertz CT molecular complexity index is 1180. The van der Waals surface area contributed by atoms with Crippen LogP contribution in [0.2, 0.25) is 0 Å². The largest absolute Gasteiger partial charge is 0.412 e. The van der Waals surface area contributed by atoms with Crippen LogP contribution in [0.5, 0.6) is 0 Å². The van der Waals surface area contributed by atoms with Gasteiger partial charge in [0.2, 0.25) is 0 Å². The molecule has 0 saturated heterocycles. The maximum atomic E-state index is 2.32. The van der Waals surface area contributed by atoms with Crippen molar-refractivity contribution in [3.8, 4) is 0 Å². The summed E-state index contributed by atoms with van der Waals surface area (Å²) in [6, 6.07) is 34.7. The van der Waals surface area contributed by atoms with Crippen molar-refractivity contribution in [2.75, 3.05) is 0 Å². The van der Waals surface area contributed by atoms with Crippen molar-refractivity contribution in [2.45, 2.75) is 0 Å². The van der Waals surface area contributed by atoms with Crippen LogP contribution in [-0.4, -0.2) is 18.2 Å². The molecule has 0 unspecified atom stereocenters. The Balaban J connectivity index is 0.00000105. The van der Waals surface area contributed by atoms with Crippen LogP contribution in [0, 0.1) is 0 Å². The zero-order chi connectivity index (χ0) is 16.6. The van der Waals surface area contributed by atoms with Crippen molar-refractivity contribution in [3.63, 3.8) is 0 Å². The standard InChI is InChI=1S/C24H16B.2H2O/c1-2-8-17(9-3-1)25-18-14-15-23-21-12-5-4-10-19(21)20-11-6-7-13-22(20)24(23)16-18;;/h1-16H;2*1H2. The molecule has 3 heteroatoms. The van der Waals surface area contributed by atoms with E-state index in [1.165, 1.54) is 43.2 Å². The number of rotatable bonds is 2. The minimum Gasteiger partial charge on any atom is -0.412 e. The number of hydrogen-bond donors (Lipinski definition) is 0. The van der Waals surface area contributed by atoms with Crippen molar-refractivity contribution in [1.29, 1.82) is 0 Å². The fraction of sp³-hybridized carbons (Fsp3) is 0. The molecule has 4 N–H and O–H groups in total. The SMILES string of the molecule is O.O.[B](c1ccccc1)c1ccc2c3ccccc3c3ccccc3c2c1. The molecule has 5 aromatic rings. The number of benzene rings is 5. The molecule has 0 amide bonds. The smallest absolute Gasteiger partial charge is 0.191 e. The third-order valence-corrected chi connectivity index (χ3v) is 4.90. The van der Waals surface area contributed by atoms with Gasteiger partial charge in [-0.3, -0.25) is 0 Å². The topological polar surface area (TPSA) is 63.0 Å². The van der Waals surface area contributed by atoms with Gasteiger partial charge in [0.1, 0.15) is 0 Å². The fourth-order valence-electron chi connectivity index (χ4n) is 3.76. The third-order valence-electron chi connectivity index (χ3n) is 4.90. The first-order chi connectivity index (χ1) is 12.4. The van der Waals surface area contributed by atoms with Gasteiger partial charge >= 0.3 is 0 Å². The van der Waals surface area contributed by atoms with Crippen LogP contribution in [0.25, 0.3) is 32.3 Å². The molecule has 27 heavy (non-hydrogen) atoms. The molecule has 0 heterocycles. The van der Waals surface area contributed by atoms with Gasteiger partial charge in [-0.1, -0.05) is 108 Å². The highest BCUT2D eigenvalue weighted by atomic mass is 16.0. The van der Waals surface area contributed by atoms with E-state index in [0.29, 0.717) is 0 Å². The molecule has 0 aliphatic carbocycles. The molecule has 0 aromatic heterocycles. The average molecular weight is 351 g/mol. The van der Waals surface area contributed by atoms with Gasteiger partial charge in [0, 0.05) is 0 Å². The lowest BCUT2D eigenvalue weighted by molar-refractivity contribution is 0.823. The van der Waals surface area contributed by atoms with E-state index < -0.39 is 0 Å². The molecule has 0 fully saturated rings. The molecular formula is C24H20BO2. The van der Waals surface area contributed by atoms with Crippen LogP contribution in [-0.2, 0) is 0 Å². The summed E-state index contributed by atoms with van der Waals surface area (Å²) in [5.74, 6) is 0. The quantitative estimate of drug-likeness (QED) is 0.347. The lowest BCUT2D eigenvalue weighted by atomic mass is 9.63. The molecule has 2 nitrogen and oxygen atoms in total. The molecule has 131 valence electrons. The van der Waals surface area contributed by atoms with E-state index in [1.807, 2.05) is 0 Å². The molecule has 0 aliphatic heterocycles. The lowest BCUT2D eigenvalue weighted by Crippen LogP contribution is -2.26. The van der Waals surface area contributed by atoms with Crippen LogP contribution in [0.1, 0.15) is 0 Å². The van der Waals surface area contributed by atoms with Crippen molar-refractivity contribution in [2.24, 2.45) is 0 Å². The summed E-state index contributed by atoms with van der Waals surface area (Å²) < 4.78 is 0. The zero-order valence-electron chi connectivity index (χ0n) is 14.8. The second-order valence-corrected chi connectivity index (χ2v) is 6.45. The van der Waals surface area contributed by atoms with Crippen molar-refractivity contribution in [3.05, 3.63) is 97.1 Å². The maximum Gasteiger partial charge on any atom is 0.191 e. The minimum absolute atomic E-state index is 0. The molecule has 0 spiro atoms. The second kappa shape index (κ2) is 7.62. The van der Waals surface area contributed by atoms with Crippen LogP contribution < -0.4 is 10.9 Å². The van der Waals surface area contributed by atoms with E-state index in [1.54, 1.807) is 0 Å². The summed E-state index contributed by atoms with van der Waals surface area (Å²) in [5, 5.41) is 7.92. The highest BCUT2D eigenvalue weighted by Crippen LogP contribution is 2.34. The normalized spacial score (nSPS) is 10.4. The maximum absolute atomic E-state index is 2.32. The Labute approximate surface area is 158 Å². The Hall–Kier alpha value is -3.14. The van der Waals surface area contributed by atoms with Crippen molar-refractivity contribution in [1.82, 2.24) is 0 Å². The van der Waals surface area contributed by atoms with Crippen LogP contribution in [0.3, 0.4) is 0 Å². The van der Waals surface area contributed by atoms with E-state index in [2.05, 4.69) is 104 Å². The summed E-state index contributed by atoms with van der Waals surface area (Å²) in [6.45, 7) is 0. The summed E-state index contributed by atoms with van der Waals surface area (Å²) in [6.07, 6.45) is 0. The fourth-order valence-corrected chi connectivity index (χ4v) is 3.76. The second-order valence-electron chi connectivity index (χ2n) is 6.45. The number of hydrogen-bond acceptors (Lipinski definition) is 0. The average Bonchev–Trinajstić information content (AvgIpc) is 2.69. The minimum atomic E-state index is 0. The molecule has 1 radical (unpaired) electrons.